The molecule has 15 heavy (non-hydrogen) atoms. The minimum Gasteiger partial charge on any atom is -0.489 e. The Hall–Kier alpha value is -1.78. The second-order valence-corrected chi connectivity index (χ2v) is 3.35. The number of rotatable bonds is 4. The summed E-state index contributed by atoms with van der Waals surface area (Å²) in [5, 5.41) is 8.90. The quantitative estimate of drug-likeness (QED) is 0.810. The molecule has 1 aliphatic carbocycles. The normalized spacial score (nSPS) is 14.7. The van der Waals surface area contributed by atoms with Crippen LogP contribution in [0.3, 0.4) is 0 Å². The van der Waals surface area contributed by atoms with Gasteiger partial charge in [0.05, 0.1) is 13.2 Å². The Morgan fingerprint density at radius 2 is 2.33 bits per heavy atom. The van der Waals surface area contributed by atoms with Crippen LogP contribution in [0.15, 0.2) is 12.3 Å². The van der Waals surface area contributed by atoms with Gasteiger partial charge in [0.25, 0.3) is 0 Å². The van der Waals surface area contributed by atoms with Gasteiger partial charge in [-0.2, -0.15) is 0 Å². The van der Waals surface area contributed by atoms with Crippen LogP contribution in [0.4, 0.5) is 0 Å². The minimum atomic E-state index is -1.04. The fraction of sp³-hybridized carbons (Fsp3) is 0.400. The predicted octanol–water partition coefficient (Wildman–Crippen LogP) is 1.33. The second kappa shape index (κ2) is 3.76. The third-order valence-corrected chi connectivity index (χ3v) is 2.10. The minimum absolute atomic E-state index is 0.0719. The molecule has 1 saturated carbocycles. The molecule has 5 nitrogen and oxygen atoms in total. The van der Waals surface area contributed by atoms with Crippen molar-refractivity contribution in [2.45, 2.75) is 18.9 Å². The van der Waals surface area contributed by atoms with Crippen molar-refractivity contribution in [2.75, 3.05) is 7.11 Å². The Labute approximate surface area is 86.7 Å². The molecule has 2 rings (SSSR count). The number of pyridine rings is 1. The van der Waals surface area contributed by atoms with Crippen molar-refractivity contribution in [3.63, 3.8) is 0 Å². The molecule has 0 unspecified atom stereocenters. The van der Waals surface area contributed by atoms with Crippen LogP contribution >= 0.6 is 0 Å². The number of aromatic carboxylic acids is 1. The van der Waals surface area contributed by atoms with Gasteiger partial charge < -0.3 is 14.6 Å². The summed E-state index contributed by atoms with van der Waals surface area (Å²) in [5.41, 5.74) is 0.0719. The highest BCUT2D eigenvalue weighted by molar-refractivity contribution is 5.90. The maximum absolute atomic E-state index is 10.9. The van der Waals surface area contributed by atoms with Gasteiger partial charge in [0.2, 0.25) is 5.88 Å². The van der Waals surface area contributed by atoms with Crippen LogP contribution in [-0.4, -0.2) is 29.3 Å². The maximum atomic E-state index is 10.9. The number of hydrogen-bond donors (Lipinski definition) is 1. The Kier molecular flexibility index (Phi) is 2.45. The third kappa shape index (κ3) is 2.18. The Morgan fingerprint density at radius 3 is 2.87 bits per heavy atom. The van der Waals surface area contributed by atoms with E-state index < -0.39 is 5.97 Å². The van der Waals surface area contributed by atoms with Crippen molar-refractivity contribution >= 4 is 5.97 Å². The SMILES string of the molecule is COc1cc(OC2CC2)c(C(=O)O)cn1. The number of carbonyl (C=O) groups is 1. The monoisotopic (exact) mass is 209 g/mol. The molecule has 0 amide bonds. The van der Waals surface area contributed by atoms with Crippen LogP contribution < -0.4 is 9.47 Å². The molecule has 1 aromatic heterocycles. The van der Waals surface area contributed by atoms with Gasteiger partial charge in [0, 0.05) is 12.3 Å². The van der Waals surface area contributed by atoms with Crippen molar-refractivity contribution in [2.24, 2.45) is 0 Å². The van der Waals surface area contributed by atoms with E-state index in [2.05, 4.69) is 4.98 Å². The van der Waals surface area contributed by atoms with Gasteiger partial charge >= 0.3 is 5.97 Å². The van der Waals surface area contributed by atoms with Gasteiger partial charge in [-0.3, -0.25) is 0 Å². The van der Waals surface area contributed by atoms with Crippen molar-refractivity contribution in [3.05, 3.63) is 17.8 Å². The summed E-state index contributed by atoms with van der Waals surface area (Å²) in [6.07, 6.45) is 3.35. The summed E-state index contributed by atoms with van der Waals surface area (Å²) in [6, 6.07) is 1.50. The van der Waals surface area contributed by atoms with E-state index in [9.17, 15) is 4.79 Å². The topological polar surface area (TPSA) is 68.7 Å². The fourth-order valence-electron chi connectivity index (χ4n) is 1.15. The first-order valence-electron chi connectivity index (χ1n) is 4.64. The van der Waals surface area contributed by atoms with E-state index in [-0.39, 0.29) is 11.7 Å². The molecule has 1 aromatic rings. The summed E-state index contributed by atoms with van der Waals surface area (Å²) in [4.78, 5) is 14.7. The van der Waals surface area contributed by atoms with Crippen LogP contribution in [0.2, 0.25) is 0 Å². The Bertz CT molecular complexity index is 387. The first-order valence-corrected chi connectivity index (χ1v) is 4.64. The molecule has 0 saturated heterocycles. The van der Waals surface area contributed by atoms with E-state index in [1.165, 1.54) is 19.4 Å². The van der Waals surface area contributed by atoms with E-state index >= 15 is 0 Å². The van der Waals surface area contributed by atoms with Gasteiger partial charge in [-0.1, -0.05) is 0 Å². The summed E-state index contributed by atoms with van der Waals surface area (Å²) < 4.78 is 10.4. The van der Waals surface area contributed by atoms with Gasteiger partial charge in [0.15, 0.2) is 0 Å². The average Bonchev–Trinajstić information content (AvgIpc) is 3.01. The molecule has 0 spiro atoms. The van der Waals surface area contributed by atoms with Crippen LogP contribution in [0, 0.1) is 0 Å². The zero-order valence-electron chi connectivity index (χ0n) is 8.27. The summed E-state index contributed by atoms with van der Waals surface area (Å²) >= 11 is 0. The van der Waals surface area contributed by atoms with Gasteiger partial charge in [-0.25, -0.2) is 9.78 Å². The average molecular weight is 209 g/mol. The van der Waals surface area contributed by atoms with Crippen LogP contribution in [0.1, 0.15) is 23.2 Å². The summed E-state index contributed by atoms with van der Waals surface area (Å²) in [7, 11) is 1.48. The number of methoxy groups -OCH3 is 1. The molecule has 1 aliphatic rings. The number of nitrogens with zero attached hydrogens (tertiary/aromatic N) is 1. The first-order chi connectivity index (χ1) is 7.20. The molecular formula is C10H11NO4. The lowest BCUT2D eigenvalue weighted by Crippen LogP contribution is -2.05. The van der Waals surface area contributed by atoms with Crippen molar-refractivity contribution < 1.29 is 19.4 Å². The highest BCUT2D eigenvalue weighted by atomic mass is 16.5. The lowest BCUT2D eigenvalue weighted by molar-refractivity contribution is 0.0691. The van der Waals surface area contributed by atoms with Crippen molar-refractivity contribution in [1.82, 2.24) is 4.98 Å². The molecule has 0 atom stereocenters. The molecule has 0 aromatic carbocycles. The number of ether oxygens (including phenoxy) is 2. The lowest BCUT2D eigenvalue weighted by atomic mass is 10.2. The zero-order chi connectivity index (χ0) is 10.8. The van der Waals surface area contributed by atoms with E-state index in [4.69, 9.17) is 14.6 Å². The van der Waals surface area contributed by atoms with Gasteiger partial charge in [-0.15, -0.1) is 0 Å². The third-order valence-electron chi connectivity index (χ3n) is 2.10. The predicted molar refractivity (Wildman–Crippen MR) is 51.4 cm³/mol. The standard InChI is InChI=1S/C10H11NO4/c1-14-9-4-8(15-6-2-3-6)7(5-11-9)10(12)13/h4-6H,2-3H2,1H3,(H,12,13). The Balaban J connectivity index is 2.30. The number of carboxylic acid groups (broad SMARTS) is 1. The summed E-state index contributed by atoms with van der Waals surface area (Å²) in [5.74, 6) is -0.353. The highest BCUT2D eigenvalue weighted by Gasteiger charge is 2.26. The number of aromatic nitrogens is 1. The molecule has 1 N–H and O–H groups in total. The molecule has 5 heteroatoms. The molecule has 1 heterocycles. The van der Waals surface area contributed by atoms with E-state index in [0.717, 1.165) is 12.8 Å². The van der Waals surface area contributed by atoms with E-state index in [1.807, 2.05) is 0 Å². The molecule has 80 valence electrons. The maximum Gasteiger partial charge on any atom is 0.341 e. The van der Waals surface area contributed by atoms with Crippen LogP contribution in [0.25, 0.3) is 0 Å². The van der Waals surface area contributed by atoms with Crippen LogP contribution in [-0.2, 0) is 0 Å². The van der Waals surface area contributed by atoms with E-state index in [1.54, 1.807) is 0 Å². The molecule has 1 fully saturated rings. The zero-order valence-corrected chi connectivity index (χ0v) is 8.27. The van der Waals surface area contributed by atoms with Crippen molar-refractivity contribution in [3.8, 4) is 11.6 Å². The van der Waals surface area contributed by atoms with Crippen molar-refractivity contribution in [1.29, 1.82) is 0 Å². The molecule has 0 bridgehead atoms. The smallest absolute Gasteiger partial charge is 0.341 e. The number of carboxylic acids is 1. The fourth-order valence-corrected chi connectivity index (χ4v) is 1.15. The van der Waals surface area contributed by atoms with Crippen LogP contribution in [0.5, 0.6) is 11.6 Å². The Morgan fingerprint density at radius 1 is 1.60 bits per heavy atom. The molecule has 0 radical (unpaired) electrons. The van der Waals surface area contributed by atoms with Gasteiger partial charge in [-0.05, 0) is 12.8 Å². The van der Waals surface area contributed by atoms with E-state index in [0.29, 0.717) is 11.6 Å². The highest BCUT2D eigenvalue weighted by Crippen LogP contribution is 2.30. The van der Waals surface area contributed by atoms with Gasteiger partial charge in [0.1, 0.15) is 11.3 Å². The molecular weight excluding hydrogens is 198 g/mol. The first kappa shape index (κ1) is 9.76. The largest absolute Gasteiger partial charge is 0.489 e. The number of hydrogen-bond acceptors (Lipinski definition) is 4. The lowest BCUT2D eigenvalue weighted by Gasteiger charge is -2.08. The summed E-state index contributed by atoms with van der Waals surface area (Å²) in [6.45, 7) is 0. The molecule has 0 aliphatic heterocycles. The second-order valence-electron chi connectivity index (χ2n) is 3.35.